The maximum atomic E-state index is 3.85. The van der Waals surface area contributed by atoms with Crippen LogP contribution in [0.25, 0.3) is 0 Å². The van der Waals surface area contributed by atoms with Crippen molar-refractivity contribution in [2.24, 2.45) is 5.92 Å². The molecule has 3 fully saturated rings. The van der Waals surface area contributed by atoms with Crippen molar-refractivity contribution in [2.45, 2.75) is 69.9 Å². The van der Waals surface area contributed by atoms with Gasteiger partial charge in [-0.15, -0.1) is 0 Å². The molecule has 0 amide bonds. The van der Waals surface area contributed by atoms with Crippen molar-refractivity contribution in [2.75, 3.05) is 19.6 Å². The molecule has 1 atom stereocenters. The van der Waals surface area contributed by atoms with E-state index in [0.717, 1.165) is 12.0 Å². The van der Waals surface area contributed by atoms with Gasteiger partial charge in [0.05, 0.1) is 0 Å². The largest absolute Gasteiger partial charge is 0.310 e. The van der Waals surface area contributed by atoms with Crippen LogP contribution in [0.5, 0.6) is 0 Å². The number of nitrogens with zero attached hydrogens (tertiary/aromatic N) is 1. The summed E-state index contributed by atoms with van der Waals surface area (Å²) in [5.41, 5.74) is 0.425. The van der Waals surface area contributed by atoms with Gasteiger partial charge >= 0.3 is 0 Å². The van der Waals surface area contributed by atoms with Gasteiger partial charge in [0.25, 0.3) is 0 Å². The summed E-state index contributed by atoms with van der Waals surface area (Å²) in [6.45, 7) is 6.35. The third kappa shape index (κ3) is 2.68. The Bertz CT molecular complexity index is 256. The van der Waals surface area contributed by atoms with Crippen molar-refractivity contribution < 1.29 is 0 Å². The molecule has 1 aliphatic heterocycles. The molecule has 2 nitrogen and oxygen atoms in total. The van der Waals surface area contributed by atoms with Crippen LogP contribution in [0.4, 0.5) is 0 Å². The monoisotopic (exact) mass is 236 g/mol. The lowest BCUT2D eigenvalue weighted by atomic mass is 9.90. The summed E-state index contributed by atoms with van der Waals surface area (Å²) in [5.74, 6) is 0.965. The summed E-state index contributed by atoms with van der Waals surface area (Å²) in [7, 11) is 0. The van der Waals surface area contributed by atoms with Gasteiger partial charge in [0.1, 0.15) is 0 Å². The second-order valence-corrected chi connectivity index (χ2v) is 6.73. The van der Waals surface area contributed by atoms with Crippen LogP contribution in [0.3, 0.4) is 0 Å². The predicted octanol–water partition coefficient (Wildman–Crippen LogP) is 2.78. The molecule has 0 aromatic carbocycles. The summed E-state index contributed by atoms with van der Waals surface area (Å²) in [4.78, 5) is 2.83. The Labute approximate surface area is 106 Å². The van der Waals surface area contributed by atoms with E-state index in [0.29, 0.717) is 5.54 Å². The molecule has 2 saturated carbocycles. The highest BCUT2D eigenvalue weighted by Gasteiger charge is 2.43. The fourth-order valence-corrected chi connectivity index (χ4v) is 3.96. The van der Waals surface area contributed by atoms with Gasteiger partial charge in [-0.05, 0) is 58.0 Å². The van der Waals surface area contributed by atoms with Gasteiger partial charge in [0.2, 0.25) is 0 Å². The summed E-state index contributed by atoms with van der Waals surface area (Å²) in [6.07, 6.45) is 11.6. The van der Waals surface area contributed by atoms with Gasteiger partial charge in [0.15, 0.2) is 0 Å². The van der Waals surface area contributed by atoms with E-state index in [4.69, 9.17) is 0 Å². The average molecular weight is 236 g/mol. The number of hydrogen-bond acceptors (Lipinski definition) is 2. The van der Waals surface area contributed by atoms with Crippen molar-refractivity contribution in [3.63, 3.8) is 0 Å². The van der Waals surface area contributed by atoms with Crippen molar-refractivity contribution in [3.8, 4) is 0 Å². The molecule has 0 radical (unpaired) electrons. The van der Waals surface area contributed by atoms with E-state index in [2.05, 4.69) is 17.1 Å². The van der Waals surface area contributed by atoms with Gasteiger partial charge in [0, 0.05) is 18.1 Å². The van der Waals surface area contributed by atoms with E-state index >= 15 is 0 Å². The Morgan fingerprint density at radius 3 is 2.47 bits per heavy atom. The van der Waals surface area contributed by atoms with Gasteiger partial charge in [-0.2, -0.15) is 0 Å². The molecular formula is C15H28N2. The highest BCUT2D eigenvalue weighted by atomic mass is 15.2. The molecule has 0 spiro atoms. The number of rotatable bonds is 2. The zero-order chi connectivity index (χ0) is 11.7. The van der Waals surface area contributed by atoms with E-state index in [1.165, 1.54) is 71.0 Å². The summed E-state index contributed by atoms with van der Waals surface area (Å²) in [6, 6.07) is 0.904. The predicted molar refractivity (Wildman–Crippen MR) is 72.2 cm³/mol. The van der Waals surface area contributed by atoms with Crippen LogP contribution in [0.15, 0.2) is 0 Å². The number of nitrogens with one attached hydrogen (secondary N) is 1. The van der Waals surface area contributed by atoms with Crippen molar-refractivity contribution in [1.29, 1.82) is 0 Å². The smallest absolute Gasteiger partial charge is 0.0308 e. The first-order chi connectivity index (χ1) is 8.28. The van der Waals surface area contributed by atoms with Crippen LogP contribution in [0.1, 0.15) is 58.3 Å². The minimum absolute atomic E-state index is 0.425. The van der Waals surface area contributed by atoms with E-state index in [-0.39, 0.29) is 0 Å². The van der Waals surface area contributed by atoms with Crippen molar-refractivity contribution in [1.82, 2.24) is 10.2 Å². The Kier molecular flexibility index (Phi) is 3.45. The van der Waals surface area contributed by atoms with Crippen LogP contribution in [-0.2, 0) is 0 Å². The first-order valence-electron chi connectivity index (χ1n) is 7.77. The standard InChI is InChI=1S/C15H28N2/c1-15(13-8-9-13)12-17(11-5-10-16-15)14-6-3-2-4-7-14/h13-14,16H,2-12H2,1H3. The number of hydrogen-bond donors (Lipinski definition) is 1. The van der Waals surface area contributed by atoms with E-state index in [9.17, 15) is 0 Å². The van der Waals surface area contributed by atoms with Gasteiger partial charge in [-0.1, -0.05) is 19.3 Å². The Balaban J connectivity index is 1.66. The Morgan fingerprint density at radius 1 is 1.00 bits per heavy atom. The quantitative estimate of drug-likeness (QED) is 0.793. The van der Waals surface area contributed by atoms with E-state index in [1.807, 2.05) is 0 Å². The van der Waals surface area contributed by atoms with Crippen molar-refractivity contribution in [3.05, 3.63) is 0 Å². The lowest BCUT2D eigenvalue weighted by molar-refractivity contribution is 0.123. The van der Waals surface area contributed by atoms with Crippen LogP contribution < -0.4 is 5.32 Å². The minimum Gasteiger partial charge on any atom is -0.310 e. The fourth-order valence-electron chi connectivity index (χ4n) is 3.96. The maximum absolute atomic E-state index is 3.85. The van der Waals surface area contributed by atoms with Crippen LogP contribution >= 0.6 is 0 Å². The van der Waals surface area contributed by atoms with E-state index in [1.54, 1.807) is 0 Å². The van der Waals surface area contributed by atoms with Crippen LogP contribution in [0.2, 0.25) is 0 Å². The minimum atomic E-state index is 0.425. The highest BCUT2D eigenvalue weighted by Crippen LogP contribution is 2.41. The van der Waals surface area contributed by atoms with Gasteiger partial charge in [-0.3, -0.25) is 4.90 Å². The third-order valence-electron chi connectivity index (χ3n) is 5.25. The molecule has 17 heavy (non-hydrogen) atoms. The molecule has 1 heterocycles. The van der Waals surface area contributed by atoms with Gasteiger partial charge in [-0.25, -0.2) is 0 Å². The summed E-state index contributed by atoms with van der Waals surface area (Å²) in [5, 5.41) is 3.85. The Hall–Kier alpha value is -0.0800. The molecule has 0 aromatic heterocycles. The molecular weight excluding hydrogens is 208 g/mol. The lowest BCUT2D eigenvalue weighted by Crippen LogP contribution is -2.53. The zero-order valence-corrected chi connectivity index (χ0v) is 11.4. The second-order valence-electron chi connectivity index (χ2n) is 6.73. The lowest BCUT2D eigenvalue weighted by Gasteiger charge is -2.39. The van der Waals surface area contributed by atoms with E-state index < -0.39 is 0 Å². The summed E-state index contributed by atoms with van der Waals surface area (Å²) < 4.78 is 0. The SMILES string of the molecule is CC1(C2CC2)CN(C2CCCCC2)CCCN1. The second kappa shape index (κ2) is 4.89. The molecule has 3 rings (SSSR count). The topological polar surface area (TPSA) is 15.3 Å². The molecule has 1 N–H and O–H groups in total. The molecule has 0 bridgehead atoms. The van der Waals surface area contributed by atoms with Gasteiger partial charge < -0.3 is 5.32 Å². The molecule has 2 heteroatoms. The fraction of sp³-hybridized carbons (Fsp3) is 1.00. The first kappa shape index (κ1) is 12.0. The normalized spacial score (nSPS) is 37.9. The summed E-state index contributed by atoms with van der Waals surface area (Å²) >= 11 is 0. The molecule has 3 aliphatic rings. The zero-order valence-electron chi connectivity index (χ0n) is 11.4. The molecule has 1 unspecified atom stereocenters. The highest BCUT2D eigenvalue weighted by molar-refractivity contribution is 5.01. The molecule has 1 saturated heterocycles. The van der Waals surface area contributed by atoms with Crippen molar-refractivity contribution >= 4 is 0 Å². The molecule has 98 valence electrons. The first-order valence-corrected chi connectivity index (χ1v) is 7.77. The van der Waals surface area contributed by atoms with Crippen LogP contribution in [0, 0.1) is 5.92 Å². The average Bonchev–Trinajstić information content (AvgIpc) is 3.17. The molecule has 0 aromatic rings. The Morgan fingerprint density at radius 2 is 1.76 bits per heavy atom. The maximum Gasteiger partial charge on any atom is 0.0308 e. The molecule has 2 aliphatic carbocycles. The van der Waals surface area contributed by atoms with Crippen LogP contribution in [-0.4, -0.2) is 36.1 Å². The third-order valence-corrected chi connectivity index (χ3v) is 5.25.